The summed E-state index contributed by atoms with van der Waals surface area (Å²) < 4.78 is 5.47. The highest BCUT2D eigenvalue weighted by atomic mass is 16.5. The zero-order chi connectivity index (χ0) is 21.8. The molecule has 2 saturated heterocycles. The number of fused-ring (bicyclic) bond motifs is 1. The number of ether oxygens (including phenoxy) is 1. The maximum Gasteiger partial charge on any atom is 0.225 e. The van der Waals surface area contributed by atoms with Crippen molar-refractivity contribution in [2.24, 2.45) is 5.92 Å². The number of nitrogens with zero attached hydrogens (tertiary/aromatic N) is 6. The lowest BCUT2D eigenvalue weighted by Crippen LogP contribution is -2.37. The molecular weight excluding hydrogens is 400 g/mol. The van der Waals surface area contributed by atoms with E-state index in [1.54, 1.807) is 0 Å². The first kappa shape index (κ1) is 21.2. The normalized spacial score (nSPS) is 21.0. The average Bonchev–Trinajstić information content (AvgIpc) is 3.00. The molecule has 1 atom stereocenters. The van der Waals surface area contributed by atoms with E-state index >= 15 is 0 Å². The van der Waals surface area contributed by atoms with Crippen molar-refractivity contribution in [3.63, 3.8) is 0 Å². The molecule has 2 fully saturated rings. The van der Waals surface area contributed by atoms with E-state index in [2.05, 4.69) is 62.0 Å². The summed E-state index contributed by atoms with van der Waals surface area (Å²) in [5, 5.41) is 1.22. The molecule has 0 N–H and O–H groups in total. The van der Waals surface area contributed by atoms with Gasteiger partial charge < -0.3 is 14.5 Å². The van der Waals surface area contributed by atoms with Crippen LogP contribution >= 0.6 is 0 Å². The Kier molecular flexibility index (Phi) is 6.57. The van der Waals surface area contributed by atoms with Crippen molar-refractivity contribution in [2.75, 3.05) is 64.4 Å². The second-order valence-electron chi connectivity index (χ2n) is 9.01. The number of likely N-dealkylation sites (N-methyl/N-ethyl adjacent to an activating group) is 1. The Hall–Kier alpha value is -2.61. The van der Waals surface area contributed by atoms with Crippen LogP contribution in [0, 0.1) is 5.92 Å². The summed E-state index contributed by atoms with van der Waals surface area (Å²) in [4.78, 5) is 21.3. The van der Waals surface area contributed by atoms with Gasteiger partial charge in [0.25, 0.3) is 0 Å². The van der Waals surface area contributed by atoms with Crippen LogP contribution in [0.1, 0.15) is 11.3 Å². The summed E-state index contributed by atoms with van der Waals surface area (Å²) in [5.74, 6) is 1.38. The van der Waals surface area contributed by atoms with Gasteiger partial charge in [-0.25, -0.2) is 9.97 Å². The zero-order valence-electron chi connectivity index (χ0n) is 18.9. The molecule has 32 heavy (non-hydrogen) atoms. The highest BCUT2D eigenvalue weighted by molar-refractivity contribution is 5.81. The molecule has 0 amide bonds. The van der Waals surface area contributed by atoms with Crippen LogP contribution in [0.5, 0.6) is 0 Å². The third-order valence-corrected chi connectivity index (χ3v) is 6.49. The molecular formula is C25H32N6O. The summed E-state index contributed by atoms with van der Waals surface area (Å²) in [7, 11) is 2.24. The molecule has 1 aromatic carbocycles. The van der Waals surface area contributed by atoms with Gasteiger partial charge in [0.15, 0.2) is 0 Å². The maximum atomic E-state index is 5.47. The molecule has 168 valence electrons. The average molecular weight is 433 g/mol. The molecule has 0 radical (unpaired) electrons. The molecule has 2 aliphatic rings. The highest BCUT2D eigenvalue weighted by Gasteiger charge is 2.23. The van der Waals surface area contributed by atoms with Crippen LogP contribution in [-0.4, -0.2) is 84.3 Å². The van der Waals surface area contributed by atoms with Gasteiger partial charge in [0.2, 0.25) is 5.95 Å². The maximum absolute atomic E-state index is 5.47. The molecule has 0 bridgehead atoms. The predicted octanol–water partition coefficient (Wildman–Crippen LogP) is 2.47. The number of benzene rings is 1. The zero-order valence-corrected chi connectivity index (χ0v) is 18.9. The Morgan fingerprint density at radius 1 is 0.938 bits per heavy atom. The van der Waals surface area contributed by atoms with E-state index < -0.39 is 0 Å². The molecule has 2 aromatic heterocycles. The van der Waals surface area contributed by atoms with Gasteiger partial charge in [0.1, 0.15) is 0 Å². The van der Waals surface area contributed by atoms with E-state index in [4.69, 9.17) is 9.72 Å². The Bertz CT molecular complexity index is 1030. The van der Waals surface area contributed by atoms with Crippen molar-refractivity contribution in [3.05, 3.63) is 60.0 Å². The summed E-state index contributed by atoms with van der Waals surface area (Å²) in [5.41, 5.74) is 3.58. The lowest BCUT2D eigenvalue weighted by molar-refractivity contribution is 0.122. The fourth-order valence-electron chi connectivity index (χ4n) is 4.89. The largest absolute Gasteiger partial charge is 0.378 e. The summed E-state index contributed by atoms with van der Waals surface area (Å²) >= 11 is 0. The standard InChI is InChI=1S/C25H32N6O/c1-29-10-11-30(19-23-7-9-27-25(28-23)31-12-14-32-15-13-31)18-20(17-29)16-22-5-2-4-21-6-3-8-26-24(21)22/h2-9,20H,10-19H2,1H3/t20-/m0/s1. The first-order valence-corrected chi connectivity index (χ1v) is 11.6. The highest BCUT2D eigenvalue weighted by Crippen LogP contribution is 2.22. The number of pyridine rings is 1. The van der Waals surface area contributed by atoms with E-state index in [1.165, 1.54) is 10.9 Å². The first-order valence-electron chi connectivity index (χ1n) is 11.6. The second kappa shape index (κ2) is 9.90. The van der Waals surface area contributed by atoms with Crippen LogP contribution in [0.4, 0.5) is 5.95 Å². The lowest BCUT2D eigenvalue weighted by Gasteiger charge is -2.27. The van der Waals surface area contributed by atoms with Crippen molar-refractivity contribution in [2.45, 2.75) is 13.0 Å². The predicted molar refractivity (Wildman–Crippen MR) is 127 cm³/mol. The summed E-state index contributed by atoms with van der Waals surface area (Å²) in [6.45, 7) is 8.36. The van der Waals surface area contributed by atoms with E-state index in [1.807, 2.05) is 18.5 Å². The van der Waals surface area contributed by atoms with Crippen LogP contribution in [0.3, 0.4) is 0 Å². The van der Waals surface area contributed by atoms with Crippen LogP contribution in [-0.2, 0) is 17.7 Å². The van der Waals surface area contributed by atoms with Gasteiger partial charge in [-0.3, -0.25) is 9.88 Å². The quantitative estimate of drug-likeness (QED) is 0.614. The van der Waals surface area contributed by atoms with Gasteiger partial charge in [0.05, 0.1) is 24.4 Å². The number of hydrogen-bond acceptors (Lipinski definition) is 7. The lowest BCUT2D eigenvalue weighted by atomic mass is 9.96. The summed E-state index contributed by atoms with van der Waals surface area (Å²) in [6, 6.07) is 12.8. The van der Waals surface area contributed by atoms with E-state index in [0.717, 1.165) is 82.6 Å². The SMILES string of the molecule is CN1CCN(Cc2ccnc(N3CCOCC3)n2)C[C@@H](Cc2cccc3cccnc23)C1. The number of rotatable bonds is 5. The van der Waals surface area contributed by atoms with Crippen LogP contribution in [0.15, 0.2) is 48.8 Å². The van der Waals surface area contributed by atoms with E-state index in [9.17, 15) is 0 Å². The third-order valence-electron chi connectivity index (χ3n) is 6.49. The number of para-hydroxylation sites is 1. The number of morpholine rings is 1. The number of hydrogen-bond donors (Lipinski definition) is 0. The van der Waals surface area contributed by atoms with Gasteiger partial charge >= 0.3 is 0 Å². The minimum absolute atomic E-state index is 0.552. The van der Waals surface area contributed by atoms with Gasteiger partial charge in [-0.05, 0) is 37.1 Å². The Morgan fingerprint density at radius 3 is 2.72 bits per heavy atom. The fraction of sp³-hybridized carbons (Fsp3) is 0.480. The van der Waals surface area contributed by atoms with Gasteiger partial charge in [-0.2, -0.15) is 0 Å². The topological polar surface area (TPSA) is 57.6 Å². The monoisotopic (exact) mass is 432 g/mol. The molecule has 0 aliphatic carbocycles. The molecule has 2 aliphatic heterocycles. The minimum atomic E-state index is 0.552. The molecule has 0 spiro atoms. The van der Waals surface area contributed by atoms with Gasteiger partial charge in [-0.15, -0.1) is 0 Å². The first-order chi connectivity index (χ1) is 15.7. The minimum Gasteiger partial charge on any atom is -0.378 e. The fourth-order valence-corrected chi connectivity index (χ4v) is 4.89. The molecule has 4 heterocycles. The van der Waals surface area contributed by atoms with Crippen molar-refractivity contribution in [1.29, 1.82) is 0 Å². The van der Waals surface area contributed by atoms with Crippen molar-refractivity contribution in [1.82, 2.24) is 24.8 Å². The molecule has 5 rings (SSSR count). The number of aromatic nitrogens is 3. The van der Waals surface area contributed by atoms with E-state index in [0.29, 0.717) is 5.92 Å². The van der Waals surface area contributed by atoms with Crippen LogP contribution in [0.2, 0.25) is 0 Å². The Labute approximate surface area is 190 Å². The molecule has 0 unspecified atom stereocenters. The molecule has 0 saturated carbocycles. The molecule has 7 nitrogen and oxygen atoms in total. The van der Waals surface area contributed by atoms with Crippen LogP contribution < -0.4 is 4.90 Å². The van der Waals surface area contributed by atoms with Gasteiger partial charge in [0, 0.05) is 63.6 Å². The second-order valence-corrected chi connectivity index (χ2v) is 9.01. The Morgan fingerprint density at radius 2 is 1.81 bits per heavy atom. The Balaban J connectivity index is 1.30. The smallest absolute Gasteiger partial charge is 0.225 e. The van der Waals surface area contributed by atoms with E-state index in [-0.39, 0.29) is 0 Å². The summed E-state index contributed by atoms with van der Waals surface area (Å²) in [6.07, 6.45) is 4.84. The van der Waals surface area contributed by atoms with Crippen molar-refractivity contribution in [3.8, 4) is 0 Å². The third kappa shape index (κ3) is 5.06. The van der Waals surface area contributed by atoms with Crippen LogP contribution in [0.25, 0.3) is 10.9 Å². The molecule has 7 heteroatoms. The van der Waals surface area contributed by atoms with Crippen molar-refractivity contribution >= 4 is 16.9 Å². The molecule has 3 aromatic rings. The number of anilines is 1. The van der Waals surface area contributed by atoms with Crippen molar-refractivity contribution < 1.29 is 4.74 Å². The van der Waals surface area contributed by atoms with Gasteiger partial charge in [-0.1, -0.05) is 24.3 Å².